The van der Waals surface area contributed by atoms with Gasteiger partial charge in [0.25, 0.3) is 0 Å². The summed E-state index contributed by atoms with van der Waals surface area (Å²) in [5.41, 5.74) is 1.10. The van der Waals surface area contributed by atoms with E-state index >= 15 is 0 Å². The van der Waals surface area contributed by atoms with Crippen LogP contribution in [0.2, 0.25) is 0 Å². The second-order valence-corrected chi connectivity index (χ2v) is 10.0. The second-order valence-electron chi connectivity index (χ2n) is 10.0. The first-order chi connectivity index (χ1) is 16.6. The Morgan fingerprint density at radius 1 is 0.941 bits per heavy atom. The Morgan fingerprint density at radius 2 is 1.56 bits per heavy atom. The summed E-state index contributed by atoms with van der Waals surface area (Å²) < 4.78 is 24.4. The van der Waals surface area contributed by atoms with Gasteiger partial charge in [0.05, 0.1) is 24.7 Å². The first-order valence-corrected chi connectivity index (χ1v) is 13.1. The number of carboxylic acids is 1. The van der Waals surface area contributed by atoms with Crippen molar-refractivity contribution in [1.82, 2.24) is 0 Å². The molecule has 0 amide bonds. The van der Waals surface area contributed by atoms with Crippen molar-refractivity contribution in [3.63, 3.8) is 0 Å². The monoisotopic (exact) mass is 476 g/mol. The molecule has 3 fully saturated rings. The van der Waals surface area contributed by atoms with E-state index in [9.17, 15) is 15.0 Å². The van der Waals surface area contributed by atoms with E-state index in [2.05, 4.69) is 0 Å². The van der Waals surface area contributed by atoms with Gasteiger partial charge in [0.2, 0.25) is 0 Å². The standard InChI is InChI=1S/C27H40O7/c28-20(16-19-8-2-1-3-9-19)12-13-21-22(17-25(29)30)24(34-27-11-5-7-15-32-27)18-23(21)33-26-10-4-6-14-31-26/h1-3,8-9,20-24,26-28H,4-7,10-18H2,(H,29,30)/t20?,21-,22-,23-,24+,26?,27?/m1/s1. The number of hydrogen-bond donors (Lipinski definition) is 2. The predicted molar refractivity (Wildman–Crippen MR) is 126 cm³/mol. The zero-order chi connectivity index (χ0) is 23.8. The van der Waals surface area contributed by atoms with Crippen LogP contribution in [0.15, 0.2) is 30.3 Å². The van der Waals surface area contributed by atoms with Gasteiger partial charge in [0.1, 0.15) is 0 Å². The molecule has 2 saturated heterocycles. The van der Waals surface area contributed by atoms with Gasteiger partial charge in [-0.3, -0.25) is 4.79 Å². The molecule has 2 aliphatic heterocycles. The molecule has 3 aliphatic rings. The lowest BCUT2D eigenvalue weighted by atomic mass is 9.85. The predicted octanol–water partition coefficient (Wildman–Crippen LogP) is 4.30. The molecule has 4 rings (SSSR count). The van der Waals surface area contributed by atoms with Gasteiger partial charge in [-0.2, -0.15) is 0 Å². The van der Waals surface area contributed by atoms with Gasteiger partial charge in [-0.25, -0.2) is 0 Å². The smallest absolute Gasteiger partial charge is 0.303 e. The van der Waals surface area contributed by atoms with Crippen LogP contribution >= 0.6 is 0 Å². The Kier molecular flexibility index (Phi) is 9.77. The summed E-state index contributed by atoms with van der Waals surface area (Å²) in [7, 11) is 0. The molecule has 7 atom stereocenters. The van der Waals surface area contributed by atoms with E-state index in [1.54, 1.807) is 0 Å². The third-order valence-electron chi connectivity index (χ3n) is 7.46. The quantitative estimate of drug-likeness (QED) is 0.492. The minimum absolute atomic E-state index is 0.0133. The third-order valence-corrected chi connectivity index (χ3v) is 7.46. The molecule has 0 aromatic heterocycles. The van der Waals surface area contributed by atoms with Crippen LogP contribution in [0.1, 0.15) is 69.8 Å². The average Bonchev–Trinajstić information content (AvgIpc) is 3.14. The molecule has 1 aromatic carbocycles. The molecule has 190 valence electrons. The van der Waals surface area contributed by atoms with Gasteiger partial charge >= 0.3 is 5.97 Å². The molecular formula is C27H40O7. The summed E-state index contributed by atoms with van der Waals surface area (Å²) in [6.45, 7) is 1.39. The number of carbonyl (C=O) groups is 1. The van der Waals surface area contributed by atoms with Gasteiger partial charge < -0.3 is 29.2 Å². The molecule has 0 radical (unpaired) electrons. The summed E-state index contributed by atoms with van der Waals surface area (Å²) in [5, 5.41) is 20.4. The van der Waals surface area contributed by atoms with Crippen LogP contribution in [-0.4, -0.2) is 60.3 Å². The maximum Gasteiger partial charge on any atom is 0.303 e. The van der Waals surface area contributed by atoms with Gasteiger partial charge in [-0.1, -0.05) is 30.3 Å². The highest BCUT2D eigenvalue weighted by Gasteiger charge is 2.47. The van der Waals surface area contributed by atoms with E-state index in [-0.39, 0.29) is 43.0 Å². The summed E-state index contributed by atoms with van der Waals surface area (Å²) in [6.07, 6.45) is 7.07. The number of aliphatic carboxylic acids is 1. The van der Waals surface area contributed by atoms with Crippen LogP contribution < -0.4 is 0 Å². The molecule has 7 heteroatoms. The maximum atomic E-state index is 11.8. The van der Waals surface area contributed by atoms with Gasteiger partial charge in [-0.15, -0.1) is 0 Å². The van der Waals surface area contributed by atoms with E-state index in [0.29, 0.717) is 38.9 Å². The number of hydrogen-bond acceptors (Lipinski definition) is 6. The molecule has 1 aliphatic carbocycles. The third kappa shape index (κ3) is 7.49. The van der Waals surface area contributed by atoms with Crippen LogP contribution in [0.3, 0.4) is 0 Å². The van der Waals surface area contributed by atoms with E-state index in [1.165, 1.54) is 0 Å². The lowest BCUT2D eigenvalue weighted by molar-refractivity contribution is -0.204. The summed E-state index contributed by atoms with van der Waals surface area (Å²) in [5.74, 6) is -1.02. The van der Waals surface area contributed by atoms with Gasteiger partial charge in [-0.05, 0) is 69.3 Å². The van der Waals surface area contributed by atoms with Crippen molar-refractivity contribution in [1.29, 1.82) is 0 Å². The first kappa shape index (κ1) is 25.6. The van der Waals surface area contributed by atoms with Crippen molar-refractivity contribution in [2.75, 3.05) is 13.2 Å². The Balaban J connectivity index is 1.43. The van der Waals surface area contributed by atoms with Crippen molar-refractivity contribution in [2.45, 2.75) is 102 Å². The lowest BCUT2D eigenvalue weighted by Crippen LogP contribution is -2.33. The number of benzene rings is 1. The fourth-order valence-corrected chi connectivity index (χ4v) is 5.73. The van der Waals surface area contributed by atoms with E-state index in [4.69, 9.17) is 18.9 Å². The van der Waals surface area contributed by atoms with Crippen molar-refractivity contribution in [3.05, 3.63) is 35.9 Å². The molecule has 0 bridgehead atoms. The fourth-order valence-electron chi connectivity index (χ4n) is 5.73. The minimum atomic E-state index is -0.826. The maximum absolute atomic E-state index is 11.8. The van der Waals surface area contributed by atoms with E-state index < -0.39 is 12.1 Å². The Morgan fingerprint density at radius 3 is 2.12 bits per heavy atom. The number of ether oxygens (including phenoxy) is 4. The average molecular weight is 477 g/mol. The summed E-state index contributed by atoms with van der Waals surface area (Å²) >= 11 is 0. The van der Waals surface area contributed by atoms with Crippen LogP contribution in [0.5, 0.6) is 0 Å². The lowest BCUT2D eigenvalue weighted by Gasteiger charge is -2.31. The molecular weight excluding hydrogens is 436 g/mol. The van der Waals surface area contributed by atoms with Crippen LogP contribution in [-0.2, 0) is 30.2 Å². The van der Waals surface area contributed by atoms with Crippen molar-refractivity contribution < 1.29 is 34.0 Å². The van der Waals surface area contributed by atoms with Crippen molar-refractivity contribution in [2.24, 2.45) is 11.8 Å². The van der Waals surface area contributed by atoms with Crippen LogP contribution in [0.4, 0.5) is 0 Å². The second kappa shape index (κ2) is 13.0. The minimum Gasteiger partial charge on any atom is -0.481 e. The topological polar surface area (TPSA) is 94.5 Å². The molecule has 2 N–H and O–H groups in total. The normalized spacial score (nSPS) is 33.0. The highest BCUT2D eigenvalue weighted by atomic mass is 16.7. The highest BCUT2D eigenvalue weighted by molar-refractivity contribution is 5.67. The van der Waals surface area contributed by atoms with Crippen molar-refractivity contribution >= 4 is 5.97 Å². The van der Waals surface area contributed by atoms with Gasteiger partial charge in [0.15, 0.2) is 12.6 Å². The fraction of sp³-hybridized carbons (Fsp3) is 0.741. The molecule has 7 nitrogen and oxygen atoms in total. The first-order valence-electron chi connectivity index (χ1n) is 13.1. The Hall–Kier alpha value is -1.51. The zero-order valence-electron chi connectivity index (χ0n) is 20.1. The molecule has 2 heterocycles. The van der Waals surface area contributed by atoms with Crippen LogP contribution in [0, 0.1) is 11.8 Å². The van der Waals surface area contributed by atoms with Crippen molar-refractivity contribution in [3.8, 4) is 0 Å². The molecule has 3 unspecified atom stereocenters. The van der Waals surface area contributed by atoms with Gasteiger partial charge in [0, 0.05) is 25.6 Å². The number of rotatable bonds is 11. The molecule has 0 spiro atoms. The highest BCUT2D eigenvalue weighted by Crippen LogP contribution is 2.43. The SMILES string of the molecule is O=C(O)C[C@@H]1[C@@H](CCC(O)Cc2ccccc2)[C@H](OC2CCCCO2)C[C@@H]1OC1CCCCO1. The van der Waals surface area contributed by atoms with E-state index in [0.717, 1.165) is 44.1 Å². The number of aliphatic hydroxyl groups excluding tert-OH is 1. The molecule has 1 aromatic rings. The Bertz CT molecular complexity index is 730. The number of aliphatic hydroxyl groups is 1. The largest absolute Gasteiger partial charge is 0.481 e. The summed E-state index contributed by atoms with van der Waals surface area (Å²) in [4.78, 5) is 11.8. The zero-order valence-corrected chi connectivity index (χ0v) is 20.1. The van der Waals surface area contributed by atoms with Crippen LogP contribution in [0.25, 0.3) is 0 Å². The number of carboxylic acid groups (broad SMARTS) is 1. The Labute approximate surface area is 202 Å². The molecule has 1 saturated carbocycles. The van der Waals surface area contributed by atoms with E-state index in [1.807, 2.05) is 30.3 Å². The molecule has 34 heavy (non-hydrogen) atoms. The summed E-state index contributed by atoms with van der Waals surface area (Å²) in [6, 6.07) is 9.96.